The zero-order valence-electron chi connectivity index (χ0n) is 18.7. The summed E-state index contributed by atoms with van der Waals surface area (Å²) < 4.78 is 5.83. The molecular formula is C24H30Cl2N2O3. The Labute approximate surface area is 194 Å². The summed E-state index contributed by atoms with van der Waals surface area (Å²) in [5, 5.41) is 3.78. The molecule has 2 aromatic carbocycles. The quantitative estimate of drug-likeness (QED) is 0.545. The molecule has 0 radical (unpaired) electrons. The van der Waals surface area contributed by atoms with Gasteiger partial charge in [0.2, 0.25) is 5.91 Å². The van der Waals surface area contributed by atoms with Crippen LogP contribution in [0.15, 0.2) is 36.4 Å². The van der Waals surface area contributed by atoms with Gasteiger partial charge in [-0.15, -0.1) is 0 Å². The molecule has 0 aliphatic heterocycles. The minimum absolute atomic E-state index is 0.0476. The van der Waals surface area contributed by atoms with Gasteiger partial charge in [-0.3, -0.25) is 9.59 Å². The number of halogens is 2. The number of hydrogen-bond donors (Lipinski definition) is 1. The topological polar surface area (TPSA) is 58.6 Å². The summed E-state index contributed by atoms with van der Waals surface area (Å²) in [6, 6.07) is 10.1. The van der Waals surface area contributed by atoms with Crippen LogP contribution in [0.25, 0.3) is 0 Å². The van der Waals surface area contributed by atoms with Crippen LogP contribution in [-0.4, -0.2) is 35.4 Å². The van der Waals surface area contributed by atoms with Crippen LogP contribution in [0.5, 0.6) is 5.75 Å². The number of carbonyl (C=O) groups is 2. The fraction of sp³-hybridized carbons (Fsp3) is 0.417. The van der Waals surface area contributed by atoms with Crippen LogP contribution in [0.4, 0.5) is 0 Å². The van der Waals surface area contributed by atoms with Crippen molar-refractivity contribution < 1.29 is 14.3 Å². The molecule has 0 unspecified atom stereocenters. The number of aryl methyl sites for hydroxylation is 1. The Morgan fingerprint density at radius 2 is 1.68 bits per heavy atom. The molecule has 2 amide bonds. The molecule has 1 N–H and O–H groups in total. The van der Waals surface area contributed by atoms with E-state index in [0.29, 0.717) is 27.8 Å². The monoisotopic (exact) mass is 464 g/mol. The van der Waals surface area contributed by atoms with E-state index in [4.69, 9.17) is 27.9 Å². The number of nitrogens with zero attached hydrogens (tertiary/aromatic N) is 1. The molecule has 5 nitrogen and oxygen atoms in total. The van der Waals surface area contributed by atoms with E-state index >= 15 is 0 Å². The summed E-state index contributed by atoms with van der Waals surface area (Å²) in [6.45, 7) is 9.47. The van der Waals surface area contributed by atoms with Crippen molar-refractivity contribution in [1.29, 1.82) is 0 Å². The maximum absolute atomic E-state index is 13.3. The average molecular weight is 465 g/mol. The van der Waals surface area contributed by atoms with E-state index in [1.54, 1.807) is 18.2 Å². The van der Waals surface area contributed by atoms with Gasteiger partial charge in [0, 0.05) is 28.2 Å². The predicted octanol–water partition coefficient (Wildman–Crippen LogP) is 5.32. The average Bonchev–Trinajstić information content (AvgIpc) is 2.70. The lowest BCUT2D eigenvalue weighted by Gasteiger charge is -2.31. The fourth-order valence-corrected chi connectivity index (χ4v) is 3.77. The van der Waals surface area contributed by atoms with Crippen LogP contribution in [0, 0.1) is 13.8 Å². The normalized spacial score (nSPS) is 11.9. The van der Waals surface area contributed by atoms with Crippen molar-refractivity contribution in [3.8, 4) is 5.75 Å². The highest BCUT2D eigenvalue weighted by Gasteiger charge is 2.30. The molecule has 0 saturated heterocycles. The maximum atomic E-state index is 13.3. The Morgan fingerprint density at radius 3 is 2.26 bits per heavy atom. The van der Waals surface area contributed by atoms with Gasteiger partial charge in [-0.25, -0.2) is 0 Å². The third-order valence-electron chi connectivity index (χ3n) is 5.11. The lowest BCUT2D eigenvalue weighted by Crippen LogP contribution is -2.51. The van der Waals surface area contributed by atoms with E-state index < -0.39 is 6.04 Å². The first-order valence-electron chi connectivity index (χ1n) is 10.4. The van der Waals surface area contributed by atoms with E-state index in [1.807, 2.05) is 52.8 Å². The number of rotatable bonds is 9. The zero-order chi connectivity index (χ0) is 23.1. The highest BCUT2D eigenvalue weighted by Crippen LogP contribution is 2.27. The molecular weight excluding hydrogens is 435 g/mol. The third kappa shape index (κ3) is 6.62. The molecule has 2 rings (SSSR count). The minimum atomic E-state index is -0.676. The van der Waals surface area contributed by atoms with E-state index in [0.717, 1.165) is 11.1 Å². The molecule has 0 aliphatic carbocycles. The Morgan fingerprint density at radius 1 is 1.06 bits per heavy atom. The number of amides is 2. The van der Waals surface area contributed by atoms with Crippen molar-refractivity contribution >= 4 is 35.0 Å². The lowest BCUT2D eigenvalue weighted by molar-refractivity contribution is -0.143. The Bertz CT molecular complexity index is 911. The number of nitrogens with one attached hydrogen (secondary N) is 1. The molecule has 0 bridgehead atoms. The summed E-state index contributed by atoms with van der Waals surface area (Å²) >= 11 is 12.7. The second kappa shape index (κ2) is 11.4. The maximum Gasteiger partial charge on any atom is 0.261 e. The van der Waals surface area contributed by atoms with E-state index in [-0.39, 0.29) is 31.0 Å². The molecule has 31 heavy (non-hydrogen) atoms. The van der Waals surface area contributed by atoms with Gasteiger partial charge in [0.1, 0.15) is 11.8 Å². The van der Waals surface area contributed by atoms with Gasteiger partial charge in [0.15, 0.2) is 6.61 Å². The van der Waals surface area contributed by atoms with Crippen molar-refractivity contribution in [2.24, 2.45) is 0 Å². The summed E-state index contributed by atoms with van der Waals surface area (Å²) in [7, 11) is 0. The van der Waals surface area contributed by atoms with Crippen molar-refractivity contribution in [3.05, 3.63) is 63.1 Å². The van der Waals surface area contributed by atoms with Crippen LogP contribution in [0.3, 0.4) is 0 Å². The van der Waals surface area contributed by atoms with Crippen molar-refractivity contribution in [2.45, 2.75) is 59.7 Å². The van der Waals surface area contributed by atoms with Crippen LogP contribution in [0.1, 0.15) is 43.9 Å². The van der Waals surface area contributed by atoms with E-state index in [2.05, 4.69) is 5.32 Å². The van der Waals surface area contributed by atoms with E-state index in [1.165, 1.54) is 4.90 Å². The number of benzene rings is 2. The third-order valence-corrected chi connectivity index (χ3v) is 5.82. The molecule has 1 atom stereocenters. The standard InChI is InChI=1S/C24H30Cl2N2O3/c1-6-21(24(30)27-15(2)3)28(13-18-19(25)10-8-11-20(18)26)23(29)14-31-22-12-7-9-16(4)17(22)5/h7-12,15,21H,6,13-14H2,1-5H3,(H,27,30)/t21-/m1/s1. The summed E-state index contributed by atoms with van der Waals surface area (Å²) in [6.07, 6.45) is 0.440. The molecule has 2 aromatic rings. The summed E-state index contributed by atoms with van der Waals surface area (Å²) in [5.74, 6) is 0.104. The molecule has 0 saturated carbocycles. The number of hydrogen-bond acceptors (Lipinski definition) is 3. The first-order valence-corrected chi connectivity index (χ1v) is 11.1. The van der Waals surface area contributed by atoms with Gasteiger partial charge in [-0.05, 0) is 63.4 Å². The fourth-order valence-electron chi connectivity index (χ4n) is 3.26. The highest BCUT2D eigenvalue weighted by molar-refractivity contribution is 6.36. The van der Waals surface area contributed by atoms with Gasteiger partial charge >= 0.3 is 0 Å². The van der Waals surface area contributed by atoms with E-state index in [9.17, 15) is 9.59 Å². The first-order chi connectivity index (χ1) is 14.6. The molecule has 168 valence electrons. The first kappa shape index (κ1) is 25.0. The Balaban J connectivity index is 2.32. The number of ether oxygens (including phenoxy) is 1. The second-order valence-electron chi connectivity index (χ2n) is 7.80. The van der Waals surface area contributed by atoms with Crippen molar-refractivity contribution in [3.63, 3.8) is 0 Å². The highest BCUT2D eigenvalue weighted by atomic mass is 35.5. The molecule has 0 aliphatic rings. The largest absolute Gasteiger partial charge is 0.483 e. The minimum Gasteiger partial charge on any atom is -0.483 e. The van der Waals surface area contributed by atoms with Crippen LogP contribution in [0.2, 0.25) is 10.0 Å². The second-order valence-corrected chi connectivity index (χ2v) is 8.61. The van der Waals surface area contributed by atoms with Crippen molar-refractivity contribution in [1.82, 2.24) is 10.2 Å². The summed E-state index contributed by atoms with van der Waals surface area (Å²) in [5.41, 5.74) is 2.65. The summed E-state index contributed by atoms with van der Waals surface area (Å²) in [4.78, 5) is 27.6. The van der Waals surface area contributed by atoms with Gasteiger partial charge in [-0.2, -0.15) is 0 Å². The van der Waals surface area contributed by atoms with Gasteiger partial charge in [0.25, 0.3) is 5.91 Å². The molecule has 7 heteroatoms. The van der Waals surface area contributed by atoms with Gasteiger partial charge in [-0.1, -0.05) is 48.3 Å². The van der Waals surface area contributed by atoms with Crippen molar-refractivity contribution in [2.75, 3.05) is 6.61 Å². The molecule has 0 heterocycles. The molecule has 0 aromatic heterocycles. The van der Waals surface area contributed by atoms with Crippen LogP contribution in [-0.2, 0) is 16.1 Å². The van der Waals surface area contributed by atoms with Gasteiger partial charge < -0.3 is 15.0 Å². The Hall–Kier alpha value is -2.24. The predicted molar refractivity (Wildman–Crippen MR) is 126 cm³/mol. The Kier molecular flexibility index (Phi) is 9.20. The van der Waals surface area contributed by atoms with Crippen LogP contribution < -0.4 is 10.1 Å². The SMILES string of the molecule is CC[C@H](C(=O)NC(C)C)N(Cc1c(Cl)cccc1Cl)C(=O)COc1cccc(C)c1C. The molecule has 0 spiro atoms. The van der Waals surface area contributed by atoms with Crippen LogP contribution >= 0.6 is 23.2 Å². The number of carbonyl (C=O) groups excluding carboxylic acids is 2. The zero-order valence-corrected chi connectivity index (χ0v) is 20.2. The lowest BCUT2D eigenvalue weighted by atomic mass is 10.1. The van der Waals surface area contributed by atoms with Gasteiger partial charge in [0.05, 0.1) is 0 Å². The molecule has 0 fully saturated rings. The smallest absolute Gasteiger partial charge is 0.261 e.